The van der Waals surface area contributed by atoms with Crippen LogP contribution < -0.4 is 10.2 Å². The molecule has 5 rings (SSSR count). The highest BCUT2D eigenvalue weighted by atomic mass is 32.2. The number of rotatable bonds is 2. The molecule has 5 nitrogen and oxygen atoms in total. The van der Waals surface area contributed by atoms with Crippen LogP contribution in [-0.2, 0) is 0 Å². The molecule has 1 atom stereocenters. The van der Waals surface area contributed by atoms with E-state index in [1.54, 1.807) is 11.8 Å². The van der Waals surface area contributed by atoms with Crippen LogP contribution in [-0.4, -0.2) is 42.4 Å². The summed E-state index contributed by atoms with van der Waals surface area (Å²) in [5, 5.41) is 2.98. The molecule has 0 unspecified atom stereocenters. The summed E-state index contributed by atoms with van der Waals surface area (Å²) in [5.74, 6) is -0.138. The van der Waals surface area contributed by atoms with Crippen molar-refractivity contribution in [2.75, 3.05) is 29.9 Å². The van der Waals surface area contributed by atoms with Gasteiger partial charge in [-0.25, -0.2) is 0 Å². The van der Waals surface area contributed by atoms with Crippen molar-refractivity contribution in [2.24, 2.45) is 0 Å². The van der Waals surface area contributed by atoms with Crippen molar-refractivity contribution in [2.45, 2.75) is 29.7 Å². The first kappa shape index (κ1) is 20.6. The highest BCUT2D eigenvalue weighted by molar-refractivity contribution is 7.99. The number of fused-ring (bicyclic) bond motifs is 2. The molecule has 3 aromatic rings. The molecule has 2 aliphatic heterocycles. The van der Waals surface area contributed by atoms with Crippen molar-refractivity contribution < 1.29 is 9.59 Å². The third-order valence-corrected chi connectivity index (χ3v) is 7.26. The molecule has 0 bridgehead atoms. The monoisotopic (exact) mass is 443 g/mol. The number of nitrogens with one attached hydrogen (secondary N) is 1. The van der Waals surface area contributed by atoms with E-state index in [4.69, 9.17) is 0 Å². The van der Waals surface area contributed by atoms with Crippen molar-refractivity contribution in [3.8, 4) is 0 Å². The van der Waals surface area contributed by atoms with Crippen LogP contribution in [0.25, 0.3) is 0 Å². The SMILES string of the molecule is Cc1ccc(N2CCN(C(=O)c3ccc4c(c3)NC(=O)c3ccccc3S4)C[C@@H]2C)cc1. The van der Waals surface area contributed by atoms with Crippen LogP contribution in [0.5, 0.6) is 0 Å². The van der Waals surface area contributed by atoms with Crippen molar-refractivity contribution in [3.63, 3.8) is 0 Å². The van der Waals surface area contributed by atoms with Crippen LogP contribution in [0, 0.1) is 6.92 Å². The molecule has 0 aromatic heterocycles. The number of nitrogens with zero attached hydrogens (tertiary/aromatic N) is 2. The van der Waals surface area contributed by atoms with Gasteiger partial charge in [-0.05, 0) is 56.3 Å². The summed E-state index contributed by atoms with van der Waals surface area (Å²) in [6, 6.07) is 21.9. The summed E-state index contributed by atoms with van der Waals surface area (Å²) in [6.07, 6.45) is 0. The van der Waals surface area contributed by atoms with Crippen LogP contribution in [0.4, 0.5) is 11.4 Å². The van der Waals surface area contributed by atoms with Gasteiger partial charge in [0.2, 0.25) is 0 Å². The molecule has 3 aromatic carbocycles. The maximum Gasteiger partial charge on any atom is 0.256 e. The average Bonchev–Trinajstić information content (AvgIpc) is 2.94. The molecule has 0 radical (unpaired) electrons. The molecule has 1 fully saturated rings. The van der Waals surface area contributed by atoms with Gasteiger partial charge in [0.25, 0.3) is 11.8 Å². The van der Waals surface area contributed by atoms with Gasteiger partial charge in [0.05, 0.1) is 11.3 Å². The van der Waals surface area contributed by atoms with E-state index in [-0.39, 0.29) is 17.9 Å². The normalized spacial score (nSPS) is 17.8. The molecule has 6 heteroatoms. The molecule has 2 aliphatic rings. The molecule has 162 valence electrons. The summed E-state index contributed by atoms with van der Waals surface area (Å²) in [6.45, 7) is 6.37. The quantitative estimate of drug-likeness (QED) is 0.601. The molecule has 0 spiro atoms. The Labute approximate surface area is 192 Å². The number of carbonyl (C=O) groups excluding carboxylic acids is 2. The average molecular weight is 444 g/mol. The zero-order valence-electron chi connectivity index (χ0n) is 18.2. The lowest BCUT2D eigenvalue weighted by Crippen LogP contribution is -2.53. The van der Waals surface area contributed by atoms with Gasteiger partial charge in [-0.15, -0.1) is 0 Å². The Morgan fingerprint density at radius 1 is 1.00 bits per heavy atom. The number of hydrogen-bond acceptors (Lipinski definition) is 4. The second-order valence-corrected chi connectivity index (χ2v) is 9.48. The van der Waals surface area contributed by atoms with E-state index in [0.717, 1.165) is 16.3 Å². The van der Waals surface area contributed by atoms with Crippen molar-refractivity contribution in [1.82, 2.24) is 4.90 Å². The number of aryl methyl sites for hydroxylation is 1. The predicted molar refractivity (Wildman–Crippen MR) is 129 cm³/mol. The van der Waals surface area contributed by atoms with Gasteiger partial charge in [0.1, 0.15) is 0 Å². The maximum absolute atomic E-state index is 13.3. The van der Waals surface area contributed by atoms with Crippen LogP contribution in [0.3, 0.4) is 0 Å². The summed E-state index contributed by atoms with van der Waals surface area (Å²) < 4.78 is 0. The summed E-state index contributed by atoms with van der Waals surface area (Å²) >= 11 is 1.55. The van der Waals surface area contributed by atoms with Crippen molar-refractivity contribution in [1.29, 1.82) is 0 Å². The van der Waals surface area contributed by atoms with Gasteiger partial charge in [0.15, 0.2) is 0 Å². The van der Waals surface area contributed by atoms with Gasteiger partial charge >= 0.3 is 0 Å². The fourth-order valence-corrected chi connectivity index (χ4v) is 5.36. The Bertz CT molecular complexity index is 1190. The number of benzene rings is 3. The Morgan fingerprint density at radius 2 is 1.78 bits per heavy atom. The number of amides is 2. The van der Waals surface area contributed by atoms with Crippen molar-refractivity contribution >= 4 is 35.0 Å². The molecule has 2 amide bonds. The molecular weight excluding hydrogens is 418 g/mol. The Morgan fingerprint density at radius 3 is 2.56 bits per heavy atom. The maximum atomic E-state index is 13.3. The second-order valence-electron chi connectivity index (χ2n) is 8.39. The largest absolute Gasteiger partial charge is 0.365 e. The van der Waals surface area contributed by atoms with E-state index in [2.05, 4.69) is 48.3 Å². The minimum atomic E-state index is -0.142. The fraction of sp³-hybridized carbons (Fsp3) is 0.231. The fourth-order valence-electron chi connectivity index (χ4n) is 4.35. The Balaban J connectivity index is 1.33. The van der Waals surface area contributed by atoms with E-state index in [1.807, 2.05) is 47.4 Å². The molecule has 32 heavy (non-hydrogen) atoms. The molecule has 0 saturated carbocycles. The molecule has 1 N–H and O–H groups in total. The zero-order valence-corrected chi connectivity index (χ0v) is 19.0. The first-order valence-electron chi connectivity index (χ1n) is 10.8. The van der Waals surface area contributed by atoms with Crippen LogP contribution in [0.15, 0.2) is 76.5 Å². The number of piperazine rings is 1. The lowest BCUT2D eigenvalue weighted by molar-refractivity contribution is 0.0726. The van der Waals surface area contributed by atoms with Gasteiger partial charge in [-0.1, -0.05) is 41.6 Å². The van der Waals surface area contributed by atoms with E-state index < -0.39 is 0 Å². The van der Waals surface area contributed by atoms with Crippen LogP contribution in [0.2, 0.25) is 0 Å². The first-order valence-corrected chi connectivity index (χ1v) is 11.7. The van der Waals surface area contributed by atoms with E-state index in [0.29, 0.717) is 29.9 Å². The van der Waals surface area contributed by atoms with Gasteiger partial charge < -0.3 is 15.1 Å². The minimum Gasteiger partial charge on any atom is -0.365 e. The lowest BCUT2D eigenvalue weighted by atomic mass is 10.1. The van der Waals surface area contributed by atoms with E-state index >= 15 is 0 Å². The summed E-state index contributed by atoms with van der Waals surface area (Å²) in [7, 11) is 0. The Kier molecular flexibility index (Phi) is 5.39. The van der Waals surface area contributed by atoms with Crippen LogP contribution in [0.1, 0.15) is 33.2 Å². The smallest absolute Gasteiger partial charge is 0.256 e. The van der Waals surface area contributed by atoms with Crippen molar-refractivity contribution in [3.05, 3.63) is 83.4 Å². The molecule has 0 aliphatic carbocycles. The second kappa shape index (κ2) is 8.36. The summed E-state index contributed by atoms with van der Waals surface area (Å²) in [5.41, 5.74) is 4.38. The number of carbonyl (C=O) groups is 2. The molecule has 2 heterocycles. The highest BCUT2D eigenvalue weighted by Crippen LogP contribution is 2.39. The van der Waals surface area contributed by atoms with Crippen LogP contribution >= 0.6 is 11.8 Å². The molecule has 1 saturated heterocycles. The first-order chi connectivity index (χ1) is 15.5. The topological polar surface area (TPSA) is 52.6 Å². The third kappa shape index (κ3) is 3.86. The van der Waals surface area contributed by atoms with E-state index in [9.17, 15) is 9.59 Å². The third-order valence-electron chi connectivity index (χ3n) is 6.11. The van der Waals surface area contributed by atoms with E-state index in [1.165, 1.54) is 11.3 Å². The number of hydrogen-bond donors (Lipinski definition) is 1. The van der Waals surface area contributed by atoms with Gasteiger partial charge in [-0.2, -0.15) is 0 Å². The van der Waals surface area contributed by atoms with Gasteiger partial charge in [-0.3, -0.25) is 9.59 Å². The van der Waals surface area contributed by atoms with Gasteiger partial charge in [0, 0.05) is 46.7 Å². The predicted octanol–water partition coefficient (Wildman–Crippen LogP) is 5.06. The highest BCUT2D eigenvalue weighted by Gasteiger charge is 2.28. The summed E-state index contributed by atoms with van der Waals surface area (Å²) in [4.78, 5) is 32.1. The number of anilines is 2. The Hall–Kier alpha value is -3.25. The lowest BCUT2D eigenvalue weighted by Gasteiger charge is -2.41. The molecular formula is C26H25N3O2S. The standard InChI is InChI=1S/C26H25N3O2S/c1-17-7-10-20(11-8-17)29-14-13-28(16-18(29)2)26(31)19-9-12-24-22(15-19)27-25(30)21-5-3-4-6-23(21)32-24/h3-12,15,18H,13-14,16H2,1-2H3,(H,27,30)/t18-/m0/s1. The minimum absolute atomic E-state index is 0.00390. The zero-order chi connectivity index (χ0) is 22.2.